The number of fused-ring (bicyclic) bond motifs is 2. The summed E-state index contributed by atoms with van der Waals surface area (Å²) in [6, 6.07) is 0. The lowest BCUT2D eigenvalue weighted by atomic mass is 9.56. The van der Waals surface area contributed by atoms with E-state index in [1.807, 2.05) is 0 Å². The van der Waals surface area contributed by atoms with Gasteiger partial charge in [-0.1, -0.05) is 45.3 Å². The maximum absolute atomic E-state index is 11.2. The number of carbonyl (C=O) groups is 1. The molecule has 0 N–H and O–H groups in total. The van der Waals surface area contributed by atoms with Crippen LogP contribution in [0.1, 0.15) is 53.9 Å². The molecule has 1 saturated heterocycles. The zero-order chi connectivity index (χ0) is 15.6. The lowest BCUT2D eigenvalue weighted by molar-refractivity contribution is -0.180. The maximum atomic E-state index is 11.2. The van der Waals surface area contributed by atoms with E-state index in [1.165, 1.54) is 25.3 Å². The molecule has 1 aliphatic carbocycles. The second kappa shape index (κ2) is 6.51. The van der Waals surface area contributed by atoms with E-state index < -0.39 is 0 Å². The zero-order valence-electron chi connectivity index (χ0n) is 14.1. The Morgan fingerprint density at radius 3 is 2.81 bits per heavy atom. The van der Waals surface area contributed by atoms with Gasteiger partial charge in [0.05, 0.1) is 19.3 Å². The van der Waals surface area contributed by atoms with Crippen molar-refractivity contribution in [2.75, 3.05) is 13.2 Å². The molecule has 3 nitrogen and oxygen atoms in total. The van der Waals surface area contributed by atoms with Gasteiger partial charge >= 0.3 is 5.97 Å². The molecule has 1 fully saturated rings. The normalized spacial score (nSPS) is 38.8. The molecular formula is C18H30O3. The lowest BCUT2D eigenvalue weighted by Crippen LogP contribution is -2.56. The fourth-order valence-electron chi connectivity index (χ4n) is 4.29. The molecule has 0 radical (unpaired) electrons. The molecule has 3 heteroatoms. The van der Waals surface area contributed by atoms with Crippen molar-refractivity contribution >= 4 is 5.97 Å². The third-order valence-electron chi connectivity index (χ3n) is 5.74. The van der Waals surface area contributed by atoms with Gasteiger partial charge in [0, 0.05) is 18.3 Å². The number of hydrogen-bond donors (Lipinski definition) is 0. The highest BCUT2D eigenvalue weighted by Gasteiger charge is 2.53. The molecule has 0 spiro atoms. The van der Waals surface area contributed by atoms with Gasteiger partial charge in [-0.05, 0) is 25.2 Å². The van der Waals surface area contributed by atoms with Gasteiger partial charge in [0.1, 0.15) is 0 Å². The van der Waals surface area contributed by atoms with Crippen LogP contribution in [0.2, 0.25) is 0 Å². The summed E-state index contributed by atoms with van der Waals surface area (Å²) in [5.41, 5.74) is 1.40. The lowest BCUT2D eigenvalue weighted by Gasteiger charge is -2.55. The average molecular weight is 294 g/mol. The Morgan fingerprint density at radius 2 is 2.19 bits per heavy atom. The van der Waals surface area contributed by atoms with Crippen LogP contribution < -0.4 is 0 Å². The maximum Gasteiger partial charge on any atom is 0.302 e. The van der Waals surface area contributed by atoms with E-state index in [0.717, 1.165) is 6.42 Å². The number of esters is 1. The Kier molecular flexibility index (Phi) is 5.13. The first-order chi connectivity index (χ1) is 9.92. The minimum Gasteiger partial charge on any atom is -0.465 e. The van der Waals surface area contributed by atoms with Crippen molar-refractivity contribution in [1.82, 2.24) is 0 Å². The standard InChI is InChI=1S/C18H30O3/c1-6-7-8-16-17-12(2)9-13(3)18(11-21-16,14(17)4)10-20-15(5)19/h9,13-14,16-17H,6-8,10-11H2,1-5H3/t13-,14-,16+,17+,18-/m1/s1. The number of carbonyl (C=O) groups excluding carboxylic acids is 1. The van der Waals surface area contributed by atoms with Crippen LogP contribution in [0.15, 0.2) is 11.6 Å². The van der Waals surface area contributed by atoms with E-state index in [9.17, 15) is 4.79 Å². The highest BCUT2D eigenvalue weighted by atomic mass is 16.5. The Hall–Kier alpha value is -0.830. The summed E-state index contributed by atoms with van der Waals surface area (Å²) in [7, 11) is 0. The molecule has 0 unspecified atom stereocenters. The van der Waals surface area contributed by atoms with E-state index in [1.54, 1.807) is 0 Å². The molecule has 1 heterocycles. The van der Waals surface area contributed by atoms with Crippen molar-refractivity contribution in [2.45, 2.75) is 60.0 Å². The third-order valence-corrected chi connectivity index (χ3v) is 5.74. The summed E-state index contributed by atoms with van der Waals surface area (Å²) < 4.78 is 11.7. The second-order valence-electron chi connectivity index (χ2n) is 7.02. The minimum atomic E-state index is -0.195. The number of unbranched alkanes of at least 4 members (excludes halogenated alkanes) is 1. The summed E-state index contributed by atoms with van der Waals surface area (Å²) in [6.45, 7) is 11.7. The van der Waals surface area contributed by atoms with Crippen molar-refractivity contribution in [3.8, 4) is 0 Å². The SMILES string of the molecule is CCCC[C@@H]1OC[C@]2(COC(C)=O)[C@H](C)C=C(C)[C@H]1[C@H]2C. The molecule has 0 aromatic carbocycles. The zero-order valence-corrected chi connectivity index (χ0v) is 14.1. The van der Waals surface area contributed by atoms with Gasteiger partial charge in [-0.3, -0.25) is 4.79 Å². The quantitative estimate of drug-likeness (QED) is 0.568. The number of allylic oxidation sites excluding steroid dienone is 1. The first-order valence-electron chi connectivity index (χ1n) is 8.35. The number of ether oxygens (including phenoxy) is 2. The fourth-order valence-corrected chi connectivity index (χ4v) is 4.29. The molecule has 0 aromatic heterocycles. The molecule has 2 aliphatic rings. The first kappa shape index (κ1) is 16.5. The van der Waals surface area contributed by atoms with Crippen LogP contribution in [-0.4, -0.2) is 25.3 Å². The molecule has 0 aromatic rings. The number of hydrogen-bond acceptors (Lipinski definition) is 3. The van der Waals surface area contributed by atoms with Crippen LogP contribution in [0.5, 0.6) is 0 Å². The van der Waals surface area contributed by atoms with Gasteiger partial charge in [-0.2, -0.15) is 0 Å². The molecular weight excluding hydrogens is 264 g/mol. The third kappa shape index (κ3) is 3.03. The van der Waals surface area contributed by atoms with Crippen molar-refractivity contribution < 1.29 is 14.3 Å². The molecule has 0 saturated carbocycles. The van der Waals surface area contributed by atoms with E-state index in [0.29, 0.717) is 37.1 Å². The minimum absolute atomic E-state index is 0.0570. The summed E-state index contributed by atoms with van der Waals surface area (Å²) in [4.78, 5) is 11.2. The first-order valence-corrected chi connectivity index (χ1v) is 8.35. The molecule has 0 amide bonds. The van der Waals surface area contributed by atoms with Crippen LogP contribution >= 0.6 is 0 Å². The van der Waals surface area contributed by atoms with Gasteiger partial charge < -0.3 is 9.47 Å². The smallest absolute Gasteiger partial charge is 0.302 e. The molecule has 120 valence electrons. The van der Waals surface area contributed by atoms with Crippen LogP contribution in [0.25, 0.3) is 0 Å². The van der Waals surface area contributed by atoms with Crippen molar-refractivity contribution in [3.05, 3.63) is 11.6 Å². The average Bonchev–Trinajstić information content (AvgIpc) is 2.42. The molecule has 21 heavy (non-hydrogen) atoms. The molecule has 1 aliphatic heterocycles. The highest BCUT2D eigenvalue weighted by molar-refractivity contribution is 5.65. The summed E-state index contributed by atoms with van der Waals surface area (Å²) in [5.74, 6) is 1.15. The summed E-state index contributed by atoms with van der Waals surface area (Å²) in [5, 5.41) is 0. The van der Waals surface area contributed by atoms with Gasteiger partial charge in [0.2, 0.25) is 0 Å². The largest absolute Gasteiger partial charge is 0.465 e. The summed E-state index contributed by atoms with van der Waals surface area (Å²) in [6.07, 6.45) is 6.27. The van der Waals surface area contributed by atoms with E-state index in [4.69, 9.17) is 9.47 Å². The fraction of sp³-hybridized carbons (Fsp3) is 0.833. The van der Waals surface area contributed by atoms with E-state index in [-0.39, 0.29) is 11.4 Å². The molecule has 2 bridgehead atoms. The molecule has 5 atom stereocenters. The van der Waals surface area contributed by atoms with Crippen LogP contribution in [0.3, 0.4) is 0 Å². The van der Waals surface area contributed by atoms with Gasteiger partial charge in [0.15, 0.2) is 0 Å². The van der Waals surface area contributed by atoms with E-state index >= 15 is 0 Å². The van der Waals surface area contributed by atoms with Crippen LogP contribution in [0.4, 0.5) is 0 Å². The van der Waals surface area contributed by atoms with Crippen molar-refractivity contribution in [2.24, 2.45) is 23.2 Å². The monoisotopic (exact) mass is 294 g/mol. The highest BCUT2D eigenvalue weighted by Crippen LogP contribution is 2.53. The predicted molar refractivity (Wildman–Crippen MR) is 83.9 cm³/mol. The Labute approximate surface area is 129 Å². The van der Waals surface area contributed by atoms with Crippen LogP contribution in [0, 0.1) is 23.2 Å². The second-order valence-corrected chi connectivity index (χ2v) is 7.02. The van der Waals surface area contributed by atoms with Gasteiger partial charge in [-0.15, -0.1) is 0 Å². The van der Waals surface area contributed by atoms with E-state index in [2.05, 4.69) is 33.8 Å². The van der Waals surface area contributed by atoms with Crippen molar-refractivity contribution in [3.63, 3.8) is 0 Å². The Bertz CT molecular complexity index is 415. The van der Waals surface area contributed by atoms with Crippen molar-refractivity contribution in [1.29, 1.82) is 0 Å². The molecule has 2 rings (SSSR count). The van der Waals surface area contributed by atoms with Gasteiger partial charge in [-0.25, -0.2) is 0 Å². The Morgan fingerprint density at radius 1 is 1.48 bits per heavy atom. The topological polar surface area (TPSA) is 35.5 Å². The number of rotatable bonds is 5. The van der Waals surface area contributed by atoms with Gasteiger partial charge in [0.25, 0.3) is 0 Å². The Balaban J connectivity index is 2.23. The summed E-state index contributed by atoms with van der Waals surface area (Å²) >= 11 is 0. The predicted octanol–water partition coefficient (Wildman–Crippen LogP) is 3.97. The van der Waals surface area contributed by atoms with Crippen LogP contribution in [-0.2, 0) is 14.3 Å².